The standard InChI is InChI=1S/C33H38N6O3/c1-23(28-21-34-29-15-8-7-14-27(28)29)30(31(40)35-26-13-9-10-24(20-26)22-37(2)3)36-33(42)39-18-16-38(17-19-39)32(41)25-11-5-4-6-12-25/h4-15,20-21,23,30,34H,16-19,22H2,1-3H3,(H,35,40)(H,36,42)/t23-,30+/m0/s1. The summed E-state index contributed by atoms with van der Waals surface area (Å²) in [4.78, 5) is 49.0. The van der Waals surface area contributed by atoms with Gasteiger partial charge in [0.1, 0.15) is 6.04 Å². The maximum Gasteiger partial charge on any atom is 0.318 e. The van der Waals surface area contributed by atoms with Crippen LogP contribution < -0.4 is 10.6 Å². The number of carbonyl (C=O) groups is 3. The zero-order valence-electron chi connectivity index (χ0n) is 24.3. The van der Waals surface area contributed by atoms with Crippen LogP contribution in [0.5, 0.6) is 0 Å². The molecule has 9 nitrogen and oxygen atoms in total. The van der Waals surface area contributed by atoms with Crippen LogP contribution in [0.4, 0.5) is 10.5 Å². The molecule has 2 atom stereocenters. The molecule has 3 N–H and O–H groups in total. The molecular formula is C33H38N6O3. The van der Waals surface area contributed by atoms with Gasteiger partial charge in [0.2, 0.25) is 5.91 Å². The molecule has 0 unspecified atom stereocenters. The lowest BCUT2D eigenvalue weighted by atomic mass is 9.92. The fourth-order valence-electron chi connectivity index (χ4n) is 5.50. The maximum atomic E-state index is 13.8. The van der Waals surface area contributed by atoms with E-state index in [0.717, 1.165) is 28.6 Å². The number of para-hydroxylation sites is 1. The second-order valence-electron chi connectivity index (χ2n) is 11.1. The van der Waals surface area contributed by atoms with Crippen molar-refractivity contribution in [2.24, 2.45) is 0 Å². The molecule has 0 spiro atoms. The Bertz CT molecular complexity index is 1540. The molecule has 0 saturated carbocycles. The summed E-state index contributed by atoms with van der Waals surface area (Å²) < 4.78 is 0. The van der Waals surface area contributed by atoms with Gasteiger partial charge >= 0.3 is 6.03 Å². The van der Waals surface area contributed by atoms with Gasteiger partial charge in [-0.25, -0.2) is 4.79 Å². The van der Waals surface area contributed by atoms with Gasteiger partial charge in [-0.2, -0.15) is 0 Å². The Morgan fingerprint density at radius 1 is 0.881 bits per heavy atom. The summed E-state index contributed by atoms with van der Waals surface area (Å²) in [5.74, 6) is -0.658. The third kappa shape index (κ3) is 6.63. The lowest BCUT2D eigenvalue weighted by Crippen LogP contribution is -2.57. The molecule has 3 aromatic carbocycles. The van der Waals surface area contributed by atoms with Gasteiger partial charge in [0.05, 0.1) is 0 Å². The van der Waals surface area contributed by atoms with E-state index in [9.17, 15) is 14.4 Å². The molecule has 0 bridgehead atoms. The third-order valence-electron chi connectivity index (χ3n) is 7.74. The van der Waals surface area contributed by atoms with E-state index in [1.54, 1.807) is 21.9 Å². The Morgan fingerprint density at radius 2 is 1.57 bits per heavy atom. The van der Waals surface area contributed by atoms with Crippen LogP contribution in [0.3, 0.4) is 0 Å². The van der Waals surface area contributed by atoms with Crippen LogP contribution in [-0.4, -0.2) is 83.8 Å². The van der Waals surface area contributed by atoms with Crippen LogP contribution in [0.2, 0.25) is 0 Å². The summed E-state index contributed by atoms with van der Waals surface area (Å²) in [5.41, 5.74) is 4.31. The first-order valence-electron chi connectivity index (χ1n) is 14.3. The highest BCUT2D eigenvalue weighted by molar-refractivity contribution is 5.98. The second-order valence-corrected chi connectivity index (χ2v) is 11.1. The predicted octanol–water partition coefficient (Wildman–Crippen LogP) is 4.51. The van der Waals surface area contributed by atoms with Gasteiger partial charge in [0.25, 0.3) is 5.91 Å². The lowest BCUT2D eigenvalue weighted by Gasteiger charge is -2.36. The predicted molar refractivity (Wildman–Crippen MR) is 165 cm³/mol. The lowest BCUT2D eigenvalue weighted by molar-refractivity contribution is -0.118. The fraction of sp³-hybridized carbons (Fsp3) is 0.303. The van der Waals surface area contributed by atoms with Crippen LogP contribution in [0.15, 0.2) is 85.1 Å². The molecule has 5 rings (SSSR count). The number of nitrogens with zero attached hydrogens (tertiary/aromatic N) is 3. The molecule has 1 fully saturated rings. The van der Waals surface area contributed by atoms with E-state index >= 15 is 0 Å². The van der Waals surface area contributed by atoms with Crippen molar-refractivity contribution in [2.45, 2.75) is 25.4 Å². The minimum absolute atomic E-state index is 0.0441. The van der Waals surface area contributed by atoms with E-state index in [4.69, 9.17) is 0 Å². The fourth-order valence-corrected chi connectivity index (χ4v) is 5.50. The van der Waals surface area contributed by atoms with Crippen molar-refractivity contribution in [2.75, 3.05) is 45.6 Å². The highest BCUT2D eigenvalue weighted by Gasteiger charge is 2.32. The molecule has 1 aliphatic heterocycles. The summed E-state index contributed by atoms with van der Waals surface area (Å²) in [6, 6.07) is 23.7. The zero-order chi connectivity index (χ0) is 29.6. The number of H-pyrrole nitrogens is 1. The quantitative estimate of drug-likeness (QED) is 0.292. The van der Waals surface area contributed by atoms with Crippen LogP contribution in [0, 0.1) is 0 Å². The molecule has 9 heteroatoms. The number of nitrogens with one attached hydrogen (secondary N) is 3. The molecule has 4 amide bonds. The molecule has 4 aromatic rings. The first-order valence-corrected chi connectivity index (χ1v) is 14.3. The maximum absolute atomic E-state index is 13.8. The van der Waals surface area contributed by atoms with Crippen molar-refractivity contribution >= 4 is 34.4 Å². The van der Waals surface area contributed by atoms with Gasteiger partial charge in [0, 0.05) is 67.0 Å². The minimum atomic E-state index is -0.835. The van der Waals surface area contributed by atoms with Crippen molar-refractivity contribution in [3.8, 4) is 0 Å². The van der Waals surface area contributed by atoms with E-state index in [2.05, 4.69) is 20.5 Å². The number of anilines is 1. The number of amides is 4. The monoisotopic (exact) mass is 566 g/mol. The minimum Gasteiger partial charge on any atom is -0.361 e. The molecule has 1 saturated heterocycles. The van der Waals surface area contributed by atoms with E-state index < -0.39 is 6.04 Å². The van der Waals surface area contributed by atoms with Gasteiger partial charge in [-0.05, 0) is 55.6 Å². The van der Waals surface area contributed by atoms with Gasteiger partial charge in [-0.15, -0.1) is 0 Å². The number of benzene rings is 3. The van der Waals surface area contributed by atoms with Crippen molar-refractivity contribution in [1.82, 2.24) is 25.0 Å². The Kier molecular flexibility index (Phi) is 8.88. The normalized spacial score (nSPS) is 15.0. The largest absolute Gasteiger partial charge is 0.361 e. The van der Waals surface area contributed by atoms with Crippen molar-refractivity contribution in [1.29, 1.82) is 0 Å². The van der Waals surface area contributed by atoms with Gasteiger partial charge in [-0.1, -0.05) is 55.5 Å². The topological polar surface area (TPSA) is 101 Å². The first kappa shape index (κ1) is 28.9. The molecule has 2 heterocycles. The smallest absolute Gasteiger partial charge is 0.318 e. The Balaban J connectivity index is 1.32. The SMILES string of the molecule is C[C@@H](c1c[nH]c2ccccc12)[C@@H](NC(=O)N1CCN(C(=O)c2ccccc2)CC1)C(=O)Nc1cccc(CN(C)C)c1. The number of hydrogen-bond donors (Lipinski definition) is 3. The number of piperazine rings is 1. The molecule has 0 aliphatic carbocycles. The Labute approximate surface area is 246 Å². The Hall–Kier alpha value is -4.63. The first-order chi connectivity index (χ1) is 20.3. The number of aromatic amines is 1. The average molecular weight is 567 g/mol. The molecule has 218 valence electrons. The molecule has 0 radical (unpaired) electrons. The zero-order valence-corrected chi connectivity index (χ0v) is 24.3. The van der Waals surface area contributed by atoms with Crippen molar-refractivity contribution < 1.29 is 14.4 Å². The van der Waals surface area contributed by atoms with E-state index in [0.29, 0.717) is 37.4 Å². The van der Waals surface area contributed by atoms with Crippen molar-refractivity contribution in [3.63, 3.8) is 0 Å². The number of urea groups is 1. The van der Waals surface area contributed by atoms with E-state index in [1.807, 2.05) is 93.9 Å². The van der Waals surface area contributed by atoms with Crippen LogP contribution >= 0.6 is 0 Å². The summed E-state index contributed by atoms with van der Waals surface area (Å²) in [6.45, 7) is 4.32. The number of carbonyl (C=O) groups excluding carboxylic acids is 3. The highest BCUT2D eigenvalue weighted by atomic mass is 16.2. The van der Waals surface area contributed by atoms with E-state index in [1.165, 1.54) is 0 Å². The van der Waals surface area contributed by atoms with Crippen LogP contribution in [-0.2, 0) is 11.3 Å². The molecular weight excluding hydrogens is 528 g/mol. The second kappa shape index (κ2) is 12.9. The van der Waals surface area contributed by atoms with Crippen LogP contribution in [0.1, 0.15) is 34.3 Å². The van der Waals surface area contributed by atoms with Gasteiger partial charge < -0.3 is 30.3 Å². The Morgan fingerprint density at radius 3 is 2.31 bits per heavy atom. The van der Waals surface area contributed by atoms with Gasteiger partial charge in [0.15, 0.2) is 0 Å². The van der Waals surface area contributed by atoms with E-state index in [-0.39, 0.29) is 23.8 Å². The van der Waals surface area contributed by atoms with Gasteiger partial charge in [-0.3, -0.25) is 9.59 Å². The molecule has 1 aromatic heterocycles. The third-order valence-corrected chi connectivity index (χ3v) is 7.74. The van der Waals surface area contributed by atoms with Crippen molar-refractivity contribution in [3.05, 3.63) is 102 Å². The average Bonchev–Trinajstić information content (AvgIpc) is 3.44. The number of hydrogen-bond acceptors (Lipinski definition) is 4. The number of aromatic nitrogens is 1. The molecule has 42 heavy (non-hydrogen) atoms. The highest BCUT2D eigenvalue weighted by Crippen LogP contribution is 2.29. The summed E-state index contributed by atoms with van der Waals surface area (Å²) in [7, 11) is 3.99. The number of rotatable bonds is 8. The summed E-state index contributed by atoms with van der Waals surface area (Å²) in [6.07, 6.45) is 1.91. The summed E-state index contributed by atoms with van der Waals surface area (Å²) in [5, 5.41) is 7.08. The van der Waals surface area contributed by atoms with Crippen LogP contribution in [0.25, 0.3) is 10.9 Å². The summed E-state index contributed by atoms with van der Waals surface area (Å²) >= 11 is 0. The number of fused-ring (bicyclic) bond motifs is 1. The molecule has 1 aliphatic rings.